The van der Waals surface area contributed by atoms with Crippen LogP contribution in [0.3, 0.4) is 0 Å². The number of benzene rings is 1. The van der Waals surface area contributed by atoms with E-state index in [0.29, 0.717) is 18.0 Å². The van der Waals surface area contributed by atoms with Crippen molar-refractivity contribution in [1.82, 2.24) is 34.3 Å². The van der Waals surface area contributed by atoms with Crippen LogP contribution in [0.5, 0.6) is 0 Å². The van der Waals surface area contributed by atoms with Gasteiger partial charge in [0, 0.05) is 31.7 Å². The maximum atomic E-state index is 13.3. The van der Waals surface area contributed by atoms with Crippen LogP contribution < -0.4 is 0 Å². The molecule has 1 saturated heterocycles. The fourth-order valence-corrected chi connectivity index (χ4v) is 4.27. The van der Waals surface area contributed by atoms with Crippen molar-refractivity contribution in [2.24, 2.45) is 7.05 Å². The standard InChI is InChI=1S/C22H23N7O/c1-15-11-20(29-22(25-15)23-14-24-29)17-9-6-10-28(13-17)21(30)18-12-19(27(2)26-18)16-7-4-3-5-8-16/h3-5,7-8,11-12,14,17H,6,9-10,13H2,1-2H3. The topological polar surface area (TPSA) is 81.2 Å². The lowest BCUT2D eigenvalue weighted by Gasteiger charge is -2.32. The molecule has 3 aromatic heterocycles. The quantitative estimate of drug-likeness (QED) is 0.527. The molecule has 4 aromatic rings. The number of rotatable bonds is 3. The fraction of sp³-hybridized carbons (Fsp3) is 0.318. The third-order valence-electron chi connectivity index (χ3n) is 5.70. The number of aryl methyl sites for hydroxylation is 2. The average molecular weight is 401 g/mol. The molecule has 0 radical (unpaired) electrons. The molecule has 0 N–H and O–H groups in total. The molecule has 0 bridgehead atoms. The molecule has 152 valence electrons. The van der Waals surface area contributed by atoms with E-state index in [0.717, 1.165) is 42.0 Å². The Morgan fingerprint density at radius 3 is 2.83 bits per heavy atom. The van der Waals surface area contributed by atoms with Gasteiger partial charge in [-0.1, -0.05) is 30.3 Å². The first-order valence-electron chi connectivity index (χ1n) is 10.2. The number of amides is 1. The SMILES string of the molecule is Cc1cc(C2CCCN(C(=O)c3cc(-c4ccccc4)n(C)n3)C2)n2ncnc2n1. The lowest BCUT2D eigenvalue weighted by Crippen LogP contribution is -2.39. The van der Waals surface area contributed by atoms with Gasteiger partial charge < -0.3 is 4.90 Å². The van der Waals surface area contributed by atoms with Crippen molar-refractivity contribution in [3.63, 3.8) is 0 Å². The highest BCUT2D eigenvalue weighted by Crippen LogP contribution is 2.28. The number of piperidine rings is 1. The predicted molar refractivity (Wildman–Crippen MR) is 112 cm³/mol. The minimum Gasteiger partial charge on any atom is -0.337 e. The number of hydrogen-bond acceptors (Lipinski definition) is 5. The molecule has 1 amide bonds. The second kappa shape index (κ2) is 7.37. The highest BCUT2D eigenvalue weighted by atomic mass is 16.2. The van der Waals surface area contributed by atoms with Gasteiger partial charge >= 0.3 is 0 Å². The van der Waals surface area contributed by atoms with E-state index < -0.39 is 0 Å². The molecular formula is C22H23N7O. The third kappa shape index (κ3) is 3.24. The van der Waals surface area contributed by atoms with Gasteiger partial charge in [-0.05, 0) is 37.5 Å². The van der Waals surface area contributed by atoms with Crippen molar-refractivity contribution in [3.8, 4) is 11.3 Å². The molecule has 1 aromatic carbocycles. The Balaban J connectivity index is 1.41. The summed E-state index contributed by atoms with van der Waals surface area (Å²) < 4.78 is 3.56. The Morgan fingerprint density at radius 2 is 2.00 bits per heavy atom. The van der Waals surface area contributed by atoms with E-state index in [-0.39, 0.29) is 11.8 Å². The molecule has 1 aliphatic rings. The second-order valence-corrected chi connectivity index (χ2v) is 7.79. The molecule has 0 saturated carbocycles. The Morgan fingerprint density at radius 1 is 1.17 bits per heavy atom. The number of likely N-dealkylation sites (tertiary alicyclic amines) is 1. The number of nitrogens with zero attached hydrogens (tertiary/aromatic N) is 7. The van der Waals surface area contributed by atoms with Crippen molar-refractivity contribution in [2.45, 2.75) is 25.7 Å². The molecule has 8 heteroatoms. The van der Waals surface area contributed by atoms with Gasteiger partial charge in [0.2, 0.25) is 0 Å². The first-order chi connectivity index (χ1) is 14.6. The molecule has 1 aliphatic heterocycles. The maximum absolute atomic E-state index is 13.3. The molecule has 0 spiro atoms. The van der Waals surface area contributed by atoms with Crippen molar-refractivity contribution < 1.29 is 4.79 Å². The first kappa shape index (κ1) is 18.5. The average Bonchev–Trinajstić information content (AvgIpc) is 3.39. The summed E-state index contributed by atoms with van der Waals surface area (Å²) in [5.41, 5.74) is 4.42. The molecule has 0 aliphatic carbocycles. The summed E-state index contributed by atoms with van der Waals surface area (Å²) in [7, 11) is 1.87. The number of hydrogen-bond donors (Lipinski definition) is 0. The number of carbonyl (C=O) groups excluding carboxylic acids is 1. The highest BCUT2D eigenvalue weighted by Gasteiger charge is 2.29. The van der Waals surface area contributed by atoms with Crippen molar-refractivity contribution in [1.29, 1.82) is 0 Å². The van der Waals surface area contributed by atoms with Crippen LogP contribution in [0, 0.1) is 6.92 Å². The van der Waals surface area contributed by atoms with Crippen LogP contribution in [0.15, 0.2) is 48.8 Å². The van der Waals surface area contributed by atoms with Crippen LogP contribution in [0.2, 0.25) is 0 Å². The third-order valence-corrected chi connectivity index (χ3v) is 5.70. The fourth-order valence-electron chi connectivity index (χ4n) is 4.27. The van der Waals surface area contributed by atoms with Crippen LogP contribution in [0.25, 0.3) is 17.0 Å². The van der Waals surface area contributed by atoms with Gasteiger partial charge in [0.15, 0.2) is 5.69 Å². The van der Waals surface area contributed by atoms with Gasteiger partial charge in [0.1, 0.15) is 6.33 Å². The summed E-state index contributed by atoms with van der Waals surface area (Å²) in [6.07, 6.45) is 3.46. The van der Waals surface area contributed by atoms with E-state index in [1.54, 1.807) is 9.20 Å². The van der Waals surface area contributed by atoms with E-state index in [1.165, 1.54) is 6.33 Å². The summed E-state index contributed by atoms with van der Waals surface area (Å²) in [6, 6.07) is 13.9. The Hall–Kier alpha value is -3.55. The van der Waals surface area contributed by atoms with Crippen LogP contribution in [-0.4, -0.2) is 53.3 Å². The lowest BCUT2D eigenvalue weighted by molar-refractivity contribution is 0.0698. The van der Waals surface area contributed by atoms with E-state index in [9.17, 15) is 4.79 Å². The molecule has 4 heterocycles. The highest BCUT2D eigenvalue weighted by molar-refractivity contribution is 5.93. The zero-order valence-electron chi connectivity index (χ0n) is 17.1. The number of aromatic nitrogens is 6. The predicted octanol–water partition coefficient (Wildman–Crippen LogP) is 2.85. The summed E-state index contributed by atoms with van der Waals surface area (Å²) >= 11 is 0. The van der Waals surface area contributed by atoms with Gasteiger partial charge in [-0.3, -0.25) is 9.48 Å². The first-order valence-corrected chi connectivity index (χ1v) is 10.2. The molecule has 8 nitrogen and oxygen atoms in total. The Kier molecular flexibility index (Phi) is 4.54. The minimum atomic E-state index is -0.0295. The van der Waals surface area contributed by atoms with Crippen LogP contribution in [0.1, 0.15) is 40.6 Å². The van der Waals surface area contributed by atoms with Crippen LogP contribution in [0.4, 0.5) is 0 Å². The summed E-state index contributed by atoms with van der Waals surface area (Å²) in [5, 5.41) is 8.84. The second-order valence-electron chi connectivity index (χ2n) is 7.79. The van der Waals surface area contributed by atoms with E-state index in [1.807, 2.05) is 55.3 Å². The van der Waals surface area contributed by atoms with E-state index >= 15 is 0 Å². The summed E-state index contributed by atoms with van der Waals surface area (Å²) in [5.74, 6) is 0.759. The number of carbonyl (C=O) groups is 1. The summed E-state index contributed by atoms with van der Waals surface area (Å²) in [6.45, 7) is 3.33. The monoisotopic (exact) mass is 401 g/mol. The van der Waals surface area contributed by atoms with Crippen molar-refractivity contribution in [3.05, 3.63) is 65.9 Å². The number of fused-ring (bicyclic) bond motifs is 1. The van der Waals surface area contributed by atoms with E-state index in [4.69, 9.17) is 0 Å². The van der Waals surface area contributed by atoms with Gasteiger partial charge in [-0.25, -0.2) is 9.50 Å². The maximum Gasteiger partial charge on any atom is 0.274 e. The molecule has 30 heavy (non-hydrogen) atoms. The zero-order chi connectivity index (χ0) is 20.7. The van der Waals surface area contributed by atoms with Gasteiger partial charge in [0.05, 0.1) is 11.4 Å². The van der Waals surface area contributed by atoms with Gasteiger partial charge in [-0.15, -0.1) is 0 Å². The molecule has 1 fully saturated rings. The van der Waals surface area contributed by atoms with Crippen molar-refractivity contribution in [2.75, 3.05) is 13.1 Å². The molecule has 5 rings (SSSR count). The largest absolute Gasteiger partial charge is 0.337 e. The van der Waals surface area contributed by atoms with Crippen LogP contribution >= 0.6 is 0 Å². The normalized spacial score (nSPS) is 16.9. The van der Waals surface area contributed by atoms with Crippen molar-refractivity contribution >= 4 is 11.7 Å². The Bertz CT molecular complexity index is 1210. The molecule has 1 atom stereocenters. The Labute approximate surface area is 174 Å². The summed E-state index contributed by atoms with van der Waals surface area (Å²) in [4.78, 5) is 23.8. The smallest absolute Gasteiger partial charge is 0.274 e. The van der Waals surface area contributed by atoms with Gasteiger partial charge in [-0.2, -0.15) is 15.2 Å². The van der Waals surface area contributed by atoms with Crippen LogP contribution in [-0.2, 0) is 7.05 Å². The zero-order valence-corrected chi connectivity index (χ0v) is 17.1. The van der Waals surface area contributed by atoms with E-state index in [2.05, 4.69) is 26.2 Å². The minimum absolute atomic E-state index is 0.0295. The molecular weight excluding hydrogens is 378 g/mol. The molecule has 1 unspecified atom stereocenters. The lowest BCUT2D eigenvalue weighted by atomic mass is 9.94. The van der Waals surface area contributed by atoms with Gasteiger partial charge in [0.25, 0.3) is 11.7 Å².